The maximum absolute atomic E-state index is 11.7. The predicted octanol–water partition coefficient (Wildman–Crippen LogP) is 3.43. The molecule has 2 N–H and O–H groups in total. The van der Waals surface area contributed by atoms with Gasteiger partial charge in [-0.05, 0) is 17.5 Å². The number of hydrogen-bond donors (Lipinski definition) is 2. The molecule has 3 nitrogen and oxygen atoms in total. The largest absolute Gasteiger partial charge is 0.479 e. The normalized spacial score (nSPS) is 13.9. The van der Waals surface area contributed by atoms with Gasteiger partial charge in [0.2, 0.25) is 0 Å². The van der Waals surface area contributed by atoms with Gasteiger partial charge in [-0.2, -0.15) is 0 Å². The van der Waals surface area contributed by atoms with Crippen molar-refractivity contribution in [3.63, 3.8) is 0 Å². The van der Waals surface area contributed by atoms with Gasteiger partial charge in [0, 0.05) is 5.92 Å². The van der Waals surface area contributed by atoms with E-state index < -0.39 is 17.5 Å². The van der Waals surface area contributed by atoms with Crippen molar-refractivity contribution in [2.24, 2.45) is 0 Å². The van der Waals surface area contributed by atoms with Crippen LogP contribution in [0.15, 0.2) is 60.7 Å². The summed E-state index contributed by atoms with van der Waals surface area (Å²) in [6, 6.07) is 18.7. The monoisotopic (exact) mass is 284 g/mol. The van der Waals surface area contributed by atoms with Crippen LogP contribution in [0, 0.1) is 0 Å². The van der Waals surface area contributed by atoms with Crippen LogP contribution in [0.4, 0.5) is 0 Å². The van der Waals surface area contributed by atoms with Gasteiger partial charge in [-0.1, -0.05) is 74.0 Å². The van der Waals surface area contributed by atoms with E-state index in [1.807, 2.05) is 67.6 Å². The topological polar surface area (TPSA) is 57.5 Å². The molecule has 0 aromatic heterocycles. The molecule has 2 rings (SSSR count). The van der Waals surface area contributed by atoms with E-state index in [4.69, 9.17) is 0 Å². The Balaban J connectivity index is 2.58. The van der Waals surface area contributed by atoms with Gasteiger partial charge in [0.15, 0.2) is 5.60 Å². The fraction of sp³-hybridized carbons (Fsp3) is 0.278. The first-order valence-electron chi connectivity index (χ1n) is 7.15. The first kappa shape index (κ1) is 15.3. The molecule has 21 heavy (non-hydrogen) atoms. The molecule has 0 aliphatic carbocycles. The molecule has 0 spiro atoms. The van der Waals surface area contributed by atoms with Crippen LogP contribution < -0.4 is 0 Å². The molecular formula is C18H20O3. The van der Waals surface area contributed by atoms with E-state index in [0.717, 1.165) is 11.1 Å². The van der Waals surface area contributed by atoms with Gasteiger partial charge in [-0.25, -0.2) is 4.79 Å². The first-order valence-corrected chi connectivity index (χ1v) is 7.15. The van der Waals surface area contributed by atoms with E-state index in [-0.39, 0.29) is 6.42 Å². The molecule has 1 unspecified atom stereocenters. The highest BCUT2D eigenvalue weighted by molar-refractivity contribution is 5.79. The average Bonchev–Trinajstić information content (AvgIpc) is 2.50. The Bertz CT molecular complexity index is 540. The molecule has 0 bridgehead atoms. The summed E-state index contributed by atoms with van der Waals surface area (Å²) in [5, 5.41) is 20.5. The van der Waals surface area contributed by atoms with E-state index in [9.17, 15) is 15.0 Å². The molecule has 0 heterocycles. The highest BCUT2D eigenvalue weighted by Crippen LogP contribution is 2.38. The lowest BCUT2D eigenvalue weighted by molar-refractivity contribution is -0.161. The summed E-state index contributed by atoms with van der Waals surface area (Å²) in [4.78, 5) is 11.7. The van der Waals surface area contributed by atoms with Crippen LogP contribution in [0.2, 0.25) is 0 Å². The van der Waals surface area contributed by atoms with Crippen LogP contribution in [-0.4, -0.2) is 21.8 Å². The Morgan fingerprint density at radius 2 is 1.43 bits per heavy atom. The zero-order valence-corrected chi connectivity index (χ0v) is 12.1. The fourth-order valence-corrected chi connectivity index (χ4v) is 2.79. The van der Waals surface area contributed by atoms with Crippen molar-refractivity contribution >= 4 is 5.97 Å². The molecule has 0 saturated heterocycles. The summed E-state index contributed by atoms with van der Waals surface area (Å²) in [5.74, 6) is -1.76. The Hall–Kier alpha value is -2.13. The minimum atomic E-state index is -1.81. The quantitative estimate of drug-likeness (QED) is 0.854. The van der Waals surface area contributed by atoms with Gasteiger partial charge in [0.1, 0.15) is 0 Å². The van der Waals surface area contributed by atoms with Crippen molar-refractivity contribution in [2.75, 3.05) is 0 Å². The van der Waals surface area contributed by atoms with Gasteiger partial charge < -0.3 is 10.2 Å². The lowest BCUT2D eigenvalue weighted by Gasteiger charge is -2.33. The molecule has 2 aromatic carbocycles. The second-order valence-electron chi connectivity index (χ2n) is 5.23. The number of benzene rings is 2. The Morgan fingerprint density at radius 3 is 1.76 bits per heavy atom. The van der Waals surface area contributed by atoms with Crippen LogP contribution in [0.1, 0.15) is 36.8 Å². The maximum Gasteiger partial charge on any atom is 0.336 e. The summed E-state index contributed by atoms with van der Waals surface area (Å²) >= 11 is 0. The molecule has 0 radical (unpaired) electrons. The number of carbonyl (C=O) groups is 1. The maximum atomic E-state index is 11.7. The van der Waals surface area contributed by atoms with E-state index in [1.54, 1.807) is 0 Å². The van der Waals surface area contributed by atoms with E-state index in [1.165, 1.54) is 0 Å². The van der Waals surface area contributed by atoms with Gasteiger partial charge in [0.25, 0.3) is 0 Å². The molecule has 2 aromatic rings. The molecule has 0 fully saturated rings. The molecule has 0 amide bonds. The Kier molecular flexibility index (Phi) is 4.76. The van der Waals surface area contributed by atoms with Gasteiger partial charge >= 0.3 is 5.97 Å². The highest BCUT2D eigenvalue weighted by atomic mass is 16.4. The van der Waals surface area contributed by atoms with Gasteiger partial charge in [-0.15, -0.1) is 0 Å². The standard InChI is InChI=1S/C18H20O3/c1-2-13-18(21,17(19)20)16(14-9-5-3-6-10-14)15-11-7-4-8-12-15/h3-12,16,21H,2,13H2,1H3,(H,19,20). The fourth-order valence-electron chi connectivity index (χ4n) is 2.79. The van der Waals surface area contributed by atoms with Crippen LogP contribution in [0.5, 0.6) is 0 Å². The lowest BCUT2D eigenvalue weighted by Crippen LogP contribution is -2.45. The van der Waals surface area contributed by atoms with Gasteiger partial charge in [-0.3, -0.25) is 0 Å². The molecule has 0 aliphatic rings. The minimum absolute atomic E-state index is 0.205. The summed E-state index contributed by atoms with van der Waals surface area (Å²) in [7, 11) is 0. The molecular weight excluding hydrogens is 264 g/mol. The number of hydrogen-bond acceptors (Lipinski definition) is 2. The number of carboxylic acids is 1. The molecule has 3 heteroatoms. The van der Waals surface area contributed by atoms with E-state index in [0.29, 0.717) is 6.42 Å². The van der Waals surface area contributed by atoms with Crippen molar-refractivity contribution in [1.29, 1.82) is 0 Å². The zero-order valence-electron chi connectivity index (χ0n) is 12.1. The number of rotatable bonds is 6. The van der Waals surface area contributed by atoms with Crippen molar-refractivity contribution in [1.82, 2.24) is 0 Å². The van der Waals surface area contributed by atoms with Crippen molar-refractivity contribution in [3.05, 3.63) is 71.8 Å². The molecule has 1 atom stereocenters. The number of aliphatic carboxylic acids is 1. The third kappa shape index (κ3) is 3.14. The zero-order chi connectivity index (χ0) is 15.3. The predicted molar refractivity (Wildman–Crippen MR) is 82.2 cm³/mol. The third-order valence-corrected chi connectivity index (χ3v) is 3.74. The van der Waals surface area contributed by atoms with E-state index >= 15 is 0 Å². The van der Waals surface area contributed by atoms with Crippen molar-refractivity contribution in [3.8, 4) is 0 Å². The summed E-state index contributed by atoms with van der Waals surface area (Å²) in [6.07, 6.45) is 0.801. The summed E-state index contributed by atoms with van der Waals surface area (Å²) in [6.45, 7) is 1.88. The summed E-state index contributed by atoms with van der Waals surface area (Å²) in [5.41, 5.74) is -0.193. The number of aliphatic hydroxyl groups is 1. The Labute approximate surface area is 124 Å². The summed E-state index contributed by atoms with van der Waals surface area (Å²) < 4.78 is 0. The second-order valence-corrected chi connectivity index (χ2v) is 5.23. The third-order valence-electron chi connectivity index (χ3n) is 3.74. The van der Waals surface area contributed by atoms with E-state index in [2.05, 4.69) is 0 Å². The van der Waals surface area contributed by atoms with Crippen molar-refractivity contribution in [2.45, 2.75) is 31.3 Å². The van der Waals surface area contributed by atoms with Crippen LogP contribution in [-0.2, 0) is 4.79 Å². The molecule has 0 saturated carbocycles. The van der Waals surface area contributed by atoms with Crippen LogP contribution >= 0.6 is 0 Å². The average molecular weight is 284 g/mol. The van der Waals surface area contributed by atoms with Crippen molar-refractivity contribution < 1.29 is 15.0 Å². The molecule has 110 valence electrons. The first-order chi connectivity index (χ1) is 10.1. The SMILES string of the molecule is CCCC(O)(C(=O)O)C(c1ccccc1)c1ccccc1. The Morgan fingerprint density at radius 1 is 1.00 bits per heavy atom. The minimum Gasteiger partial charge on any atom is -0.479 e. The van der Waals surface area contributed by atoms with Gasteiger partial charge in [0.05, 0.1) is 0 Å². The highest BCUT2D eigenvalue weighted by Gasteiger charge is 2.44. The van der Waals surface area contributed by atoms with Crippen LogP contribution in [0.25, 0.3) is 0 Å². The van der Waals surface area contributed by atoms with Crippen LogP contribution in [0.3, 0.4) is 0 Å². The lowest BCUT2D eigenvalue weighted by atomic mass is 9.75. The molecule has 0 aliphatic heterocycles. The second kappa shape index (κ2) is 6.55. The number of carboxylic acid groups (broad SMARTS) is 1. The smallest absolute Gasteiger partial charge is 0.336 e.